The number of hydrogen-bond donors (Lipinski definition) is 1. The standard InChI is InChI=1S/C25H35N/c1-3-5-6-19-7-9-20(10-8-19)21-11-13-22(14-12-21)25(4-2)23-15-17-24(26)18-16-23/h11-20,25H,3-10,26H2,1-2H3. The molecule has 3 rings (SSSR count). The molecule has 2 N–H and O–H groups in total. The maximum absolute atomic E-state index is 5.85. The van der Waals surface area contributed by atoms with Gasteiger partial charge in [-0.3, -0.25) is 0 Å². The zero-order chi connectivity index (χ0) is 18.4. The van der Waals surface area contributed by atoms with Crippen molar-refractivity contribution in [2.24, 2.45) is 5.92 Å². The lowest BCUT2D eigenvalue weighted by Crippen LogP contribution is -2.13. The van der Waals surface area contributed by atoms with Gasteiger partial charge >= 0.3 is 0 Å². The molecule has 140 valence electrons. The van der Waals surface area contributed by atoms with E-state index in [1.165, 1.54) is 56.1 Å². The first-order valence-corrected chi connectivity index (χ1v) is 10.7. The smallest absolute Gasteiger partial charge is 0.0314 e. The van der Waals surface area contributed by atoms with Gasteiger partial charge in [-0.25, -0.2) is 0 Å². The molecule has 1 atom stereocenters. The molecule has 0 bridgehead atoms. The lowest BCUT2D eigenvalue weighted by molar-refractivity contribution is 0.304. The van der Waals surface area contributed by atoms with Gasteiger partial charge in [0.25, 0.3) is 0 Å². The van der Waals surface area contributed by atoms with E-state index in [4.69, 9.17) is 5.73 Å². The highest BCUT2D eigenvalue weighted by Crippen LogP contribution is 2.38. The topological polar surface area (TPSA) is 26.0 Å². The van der Waals surface area contributed by atoms with E-state index in [0.717, 1.165) is 23.9 Å². The van der Waals surface area contributed by atoms with E-state index in [0.29, 0.717) is 5.92 Å². The van der Waals surface area contributed by atoms with Gasteiger partial charge in [-0.1, -0.05) is 69.5 Å². The van der Waals surface area contributed by atoms with Crippen LogP contribution >= 0.6 is 0 Å². The quantitative estimate of drug-likeness (QED) is 0.522. The van der Waals surface area contributed by atoms with Crippen molar-refractivity contribution in [3.05, 3.63) is 65.2 Å². The first-order valence-electron chi connectivity index (χ1n) is 10.7. The maximum Gasteiger partial charge on any atom is 0.0314 e. The van der Waals surface area contributed by atoms with Gasteiger partial charge in [0.2, 0.25) is 0 Å². The van der Waals surface area contributed by atoms with Gasteiger partial charge in [0, 0.05) is 11.6 Å². The minimum absolute atomic E-state index is 0.467. The molecule has 2 aromatic carbocycles. The predicted molar refractivity (Wildman–Crippen MR) is 114 cm³/mol. The molecule has 1 unspecified atom stereocenters. The number of hydrogen-bond acceptors (Lipinski definition) is 1. The Kier molecular flexibility index (Phi) is 6.77. The van der Waals surface area contributed by atoms with E-state index < -0.39 is 0 Å². The van der Waals surface area contributed by atoms with Crippen LogP contribution in [-0.4, -0.2) is 0 Å². The Morgan fingerprint density at radius 1 is 0.846 bits per heavy atom. The van der Waals surface area contributed by atoms with Crippen LogP contribution in [0.3, 0.4) is 0 Å². The summed E-state index contributed by atoms with van der Waals surface area (Å²) in [5, 5.41) is 0. The van der Waals surface area contributed by atoms with Crippen molar-refractivity contribution in [3.8, 4) is 0 Å². The third-order valence-electron chi connectivity index (χ3n) is 6.37. The SMILES string of the molecule is CCCCC1CCC(c2ccc(C(CC)c3ccc(N)cc3)cc2)CC1. The number of nitrogens with two attached hydrogens (primary N) is 1. The molecule has 1 nitrogen and oxygen atoms in total. The Bertz CT molecular complexity index is 648. The summed E-state index contributed by atoms with van der Waals surface area (Å²) in [4.78, 5) is 0. The first kappa shape index (κ1) is 19.0. The van der Waals surface area contributed by atoms with Crippen LogP contribution < -0.4 is 5.73 Å². The van der Waals surface area contributed by atoms with Gasteiger partial charge in [-0.2, -0.15) is 0 Å². The Labute approximate surface area is 160 Å². The second-order valence-electron chi connectivity index (χ2n) is 8.15. The first-order chi connectivity index (χ1) is 12.7. The van der Waals surface area contributed by atoms with Crippen molar-refractivity contribution < 1.29 is 0 Å². The second-order valence-corrected chi connectivity index (χ2v) is 8.15. The van der Waals surface area contributed by atoms with Gasteiger partial charge in [0.15, 0.2) is 0 Å². The van der Waals surface area contributed by atoms with E-state index in [1.54, 1.807) is 5.56 Å². The number of benzene rings is 2. The fourth-order valence-corrected chi connectivity index (χ4v) is 4.67. The summed E-state index contributed by atoms with van der Waals surface area (Å²) < 4.78 is 0. The van der Waals surface area contributed by atoms with Crippen LogP contribution in [0.1, 0.15) is 93.7 Å². The van der Waals surface area contributed by atoms with Gasteiger partial charge in [0.05, 0.1) is 0 Å². The molecular weight excluding hydrogens is 314 g/mol. The molecule has 1 saturated carbocycles. The molecule has 2 aromatic rings. The highest BCUT2D eigenvalue weighted by atomic mass is 14.5. The van der Waals surface area contributed by atoms with Crippen molar-refractivity contribution in [1.82, 2.24) is 0 Å². The van der Waals surface area contributed by atoms with Crippen molar-refractivity contribution in [1.29, 1.82) is 0 Å². The normalized spacial score (nSPS) is 21.5. The van der Waals surface area contributed by atoms with Gasteiger partial charge < -0.3 is 5.73 Å². The molecule has 1 aliphatic rings. The fraction of sp³-hybridized carbons (Fsp3) is 0.520. The lowest BCUT2D eigenvalue weighted by Gasteiger charge is -2.29. The Balaban J connectivity index is 1.64. The summed E-state index contributed by atoms with van der Waals surface area (Å²) in [5.41, 5.74) is 11.0. The molecule has 0 aromatic heterocycles. The molecule has 26 heavy (non-hydrogen) atoms. The van der Waals surface area contributed by atoms with E-state index in [9.17, 15) is 0 Å². The van der Waals surface area contributed by atoms with Crippen LogP contribution in [0.5, 0.6) is 0 Å². The summed E-state index contributed by atoms with van der Waals surface area (Å²) in [5.74, 6) is 2.23. The monoisotopic (exact) mass is 349 g/mol. The van der Waals surface area contributed by atoms with Crippen molar-refractivity contribution >= 4 is 5.69 Å². The van der Waals surface area contributed by atoms with Crippen LogP contribution in [-0.2, 0) is 0 Å². The molecule has 1 aliphatic carbocycles. The van der Waals surface area contributed by atoms with Crippen LogP contribution in [0.25, 0.3) is 0 Å². The molecule has 0 saturated heterocycles. The summed E-state index contributed by atoms with van der Waals surface area (Å²) in [6.45, 7) is 4.58. The van der Waals surface area contributed by atoms with Gasteiger partial charge in [0.1, 0.15) is 0 Å². The molecule has 0 heterocycles. The number of nitrogen functional groups attached to an aromatic ring is 1. The summed E-state index contributed by atoms with van der Waals surface area (Å²) in [7, 11) is 0. The molecule has 1 heteroatoms. The molecular formula is C25H35N. The van der Waals surface area contributed by atoms with Crippen LogP contribution in [0, 0.1) is 5.92 Å². The minimum atomic E-state index is 0.467. The molecule has 1 fully saturated rings. The minimum Gasteiger partial charge on any atom is -0.399 e. The highest BCUT2D eigenvalue weighted by Gasteiger charge is 2.22. The lowest BCUT2D eigenvalue weighted by atomic mass is 9.76. The zero-order valence-electron chi connectivity index (χ0n) is 16.6. The average molecular weight is 350 g/mol. The maximum atomic E-state index is 5.85. The second kappa shape index (κ2) is 9.26. The van der Waals surface area contributed by atoms with E-state index >= 15 is 0 Å². The Hall–Kier alpha value is -1.76. The summed E-state index contributed by atoms with van der Waals surface area (Å²) in [6, 6.07) is 17.9. The third-order valence-corrected chi connectivity index (χ3v) is 6.37. The average Bonchev–Trinajstić information content (AvgIpc) is 2.69. The van der Waals surface area contributed by atoms with Crippen molar-refractivity contribution in [2.45, 2.75) is 77.0 Å². The molecule has 0 amide bonds. The highest BCUT2D eigenvalue weighted by molar-refractivity contribution is 5.43. The third kappa shape index (κ3) is 4.69. The Morgan fingerprint density at radius 2 is 1.42 bits per heavy atom. The van der Waals surface area contributed by atoms with E-state index in [1.807, 2.05) is 12.1 Å². The summed E-state index contributed by atoms with van der Waals surface area (Å²) >= 11 is 0. The fourth-order valence-electron chi connectivity index (χ4n) is 4.67. The van der Waals surface area contributed by atoms with E-state index in [-0.39, 0.29) is 0 Å². The molecule has 0 spiro atoms. The largest absolute Gasteiger partial charge is 0.399 e. The van der Waals surface area contributed by atoms with Gasteiger partial charge in [-0.15, -0.1) is 0 Å². The number of rotatable bonds is 7. The Morgan fingerprint density at radius 3 is 1.96 bits per heavy atom. The van der Waals surface area contributed by atoms with Crippen molar-refractivity contribution in [3.63, 3.8) is 0 Å². The number of unbranched alkanes of at least 4 members (excludes halogenated alkanes) is 1. The molecule has 0 radical (unpaired) electrons. The van der Waals surface area contributed by atoms with Crippen LogP contribution in [0.2, 0.25) is 0 Å². The van der Waals surface area contributed by atoms with E-state index in [2.05, 4.69) is 50.2 Å². The zero-order valence-corrected chi connectivity index (χ0v) is 16.6. The van der Waals surface area contributed by atoms with Crippen LogP contribution in [0.15, 0.2) is 48.5 Å². The van der Waals surface area contributed by atoms with Crippen molar-refractivity contribution in [2.75, 3.05) is 5.73 Å². The predicted octanol–water partition coefficient (Wildman–Crippen LogP) is 7.27. The van der Waals surface area contributed by atoms with Crippen LogP contribution in [0.4, 0.5) is 5.69 Å². The summed E-state index contributed by atoms with van der Waals surface area (Å²) in [6.07, 6.45) is 10.9. The molecule has 0 aliphatic heterocycles. The number of anilines is 1. The van der Waals surface area contributed by atoms with Gasteiger partial charge in [-0.05, 0) is 72.8 Å².